The lowest BCUT2D eigenvalue weighted by Crippen LogP contribution is -2.07. The molecule has 6 aromatic rings. The molecule has 39 heavy (non-hydrogen) atoms. The molecule has 10 heteroatoms. The summed E-state index contributed by atoms with van der Waals surface area (Å²) in [7, 11) is 0. The van der Waals surface area contributed by atoms with Gasteiger partial charge in [0.25, 0.3) is 0 Å². The molecule has 1 aromatic carbocycles. The second kappa shape index (κ2) is 9.16. The lowest BCUT2D eigenvalue weighted by Gasteiger charge is -2.16. The van der Waals surface area contributed by atoms with Gasteiger partial charge in [0.1, 0.15) is 23.1 Å². The Kier molecular flexibility index (Phi) is 5.46. The number of allylic oxidation sites excluding steroid dienone is 1. The molecular formula is C29H26FN9. The number of rotatable bonds is 6. The Morgan fingerprint density at radius 1 is 1.10 bits per heavy atom. The fourth-order valence-electron chi connectivity index (χ4n) is 5.42. The van der Waals surface area contributed by atoms with Crippen molar-refractivity contribution in [3.63, 3.8) is 0 Å². The van der Waals surface area contributed by atoms with E-state index in [1.165, 1.54) is 18.9 Å². The Balaban J connectivity index is 1.27. The number of fused-ring (bicyclic) bond motifs is 2. The van der Waals surface area contributed by atoms with Gasteiger partial charge < -0.3 is 10.3 Å². The van der Waals surface area contributed by atoms with Crippen molar-refractivity contribution in [1.29, 1.82) is 0 Å². The molecule has 7 rings (SSSR count). The standard InChI is InChI=1S/C29H26FN9/c1-16-14-39(15-33-16)29-27-24(7-8-32-29)35-28(36-27)26-22-10-19(11-23(30)25(22)37-38-26)20-9-21(13-31-12-20)34-17(2)18-5-3-4-6-18/h7-15,18,34H,2-6H2,1H3,(H,35,36)(H,37,38). The number of nitrogens with zero attached hydrogens (tertiary/aromatic N) is 6. The van der Waals surface area contributed by atoms with Gasteiger partial charge in [0.05, 0.1) is 23.1 Å². The Morgan fingerprint density at radius 2 is 1.97 bits per heavy atom. The molecule has 194 valence electrons. The third kappa shape index (κ3) is 4.14. The maximum Gasteiger partial charge on any atom is 0.166 e. The van der Waals surface area contributed by atoms with Crippen LogP contribution in [0, 0.1) is 18.7 Å². The van der Waals surface area contributed by atoms with Crippen LogP contribution in [0.25, 0.3) is 50.4 Å². The van der Waals surface area contributed by atoms with Crippen LogP contribution in [0.4, 0.5) is 10.1 Å². The number of aromatic nitrogens is 8. The van der Waals surface area contributed by atoms with Crippen LogP contribution in [0.2, 0.25) is 0 Å². The summed E-state index contributed by atoms with van der Waals surface area (Å²) in [6, 6.07) is 7.23. The number of halogens is 1. The summed E-state index contributed by atoms with van der Waals surface area (Å²) in [5.74, 6) is 1.25. The van der Waals surface area contributed by atoms with Crippen molar-refractivity contribution < 1.29 is 4.39 Å². The smallest absolute Gasteiger partial charge is 0.166 e. The third-order valence-electron chi connectivity index (χ3n) is 7.41. The van der Waals surface area contributed by atoms with Gasteiger partial charge in [-0.2, -0.15) is 5.10 Å². The zero-order chi connectivity index (χ0) is 26.5. The van der Waals surface area contributed by atoms with Crippen molar-refractivity contribution in [2.24, 2.45) is 5.92 Å². The summed E-state index contributed by atoms with van der Waals surface area (Å²) in [6.07, 6.45) is 13.6. The molecule has 1 aliphatic carbocycles. The highest BCUT2D eigenvalue weighted by atomic mass is 19.1. The van der Waals surface area contributed by atoms with Crippen LogP contribution < -0.4 is 5.32 Å². The van der Waals surface area contributed by atoms with E-state index in [2.05, 4.69) is 42.0 Å². The number of hydrogen-bond donors (Lipinski definition) is 3. The Hall–Kier alpha value is -4.86. The van der Waals surface area contributed by atoms with E-state index >= 15 is 4.39 Å². The summed E-state index contributed by atoms with van der Waals surface area (Å²) in [5, 5.41) is 11.3. The molecule has 0 radical (unpaired) electrons. The average molecular weight is 520 g/mol. The van der Waals surface area contributed by atoms with Gasteiger partial charge in [-0.25, -0.2) is 19.3 Å². The zero-order valence-corrected chi connectivity index (χ0v) is 21.4. The van der Waals surface area contributed by atoms with Gasteiger partial charge >= 0.3 is 0 Å². The van der Waals surface area contributed by atoms with Crippen LogP contribution >= 0.6 is 0 Å². The molecule has 0 spiro atoms. The van der Waals surface area contributed by atoms with Gasteiger partial charge in [0.15, 0.2) is 17.5 Å². The Morgan fingerprint density at radius 3 is 2.79 bits per heavy atom. The highest BCUT2D eigenvalue weighted by Gasteiger charge is 2.20. The first kappa shape index (κ1) is 23.3. The van der Waals surface area contributed by atoms with E-state index in [4.69, 9.17) is 4.98 Å². The van der Waals surface area contributed by atoms with Crippen LogP contribution in [-0.2, 0) is 0 Å². The fraction of sp³-hybridized carbons (Fsp3) is 0.207. The number of benzene rings is 1. The first-order chi connectivity index (χ1) is 19.0. The Labute approximate surface area is 223 Å². The summed E-state index contributed by atoms with van der Waals surface area (Å²) in [4.78, 5) is 21.4. The SMILES string of the molecule is C=C(Nc1cncc(-c2cc(F)c3n[nH]c(-c4nc5c(-n6cnc(C)c6)nccc5[nH]4)c3c2)c1)C1CCCC1. The average Bonchev–Trinajstić information content (AvgIpc) is 3.74. The molecular weight excluding hydrogens is 493 g/mol. The Bertz CT molecular complexity index is 1860. The number of nitrogens with one attached hydrogen (secondary N) is 3. The van der Waals surface area contributed by atoms with Crippen molar-refractivity contribution in [2.75, 3.05) is 5.32 Å². The molecule has 1 saturated carbocycles. The largest absolute Gasteiger partial charge is 0.358 e. The molecule has 0 aliphatic heterocycles. The van der Waals surface area contributed by atoms with Crippen LogP contribution in [0.15, 0.2) is 67.7 Å². The molecule has 9 nitrogen and oxygen atoms in total. The van der Waals surface area contributed by atoms with Gasteiger partial charge in [-0.3, -0.25) is 14.6 Å². The topological polar surface area (TPSA) is 113 Å². The van der Waals surface area contributed by atoms with Crippen LogP contribution in [-0.4, -0.2) is 39.7 Å². The number of hydrogen-bond acceptors (Lipinski definition) is 6. The highest BCUT2D eigenvalue weighted by Crippen LogP contribution is 2.34. The van der Waals surface area contributed by atoms with E-state index in [0.717, 1.165) is 41.0 Å². The van der Waals surface area contributed by atoms with Gasteiger partial charge in [-0.05, 0) is 55.5 Å². The second-order valence-electron chi connectivity index (χ2n) is 10.1. The minimum atomic E-state index is -0.425. The monoisotopic (exact) mass is 519 g/mol. The predicted octanol–water partition coefficient (Wildman–Crippen LogP) is 6.31. The molecule has 1 fully saturated rings. The van der Waals surface area contributed by atoms with Crippen molar-refractivity contribution in [3.8, 4) is 28.5 Å². The van der Waals surface area contributed by atoms with Gasteiger partial charge in [0, 0.05) is 35.2 Å². The first-order valence-corrected chi connectivity index (χ1v) is 13.0. The van der Waals surface area contributed by atoms with Gasteiger partial charge in [-0.15, -0.1) is 0 Å². The van der Waals surface area contributed by atoms with Crippen LogP contribution in [0.3, 0.4) is 0 Å². The van der Waals surface area contributed by atoms with Crippen LogP contribution in [0.1, 0.15) is 31.4 Å². The van der Waals surface area contributed by atoms with E-state index < -0.39 is 5.82 Å². The maximum atomic E-state index is 15.3. The summed E-state index contributed by atoms with van der Waals surface area (Å²) in [6.45, 7) is 6.16. The minimum Gasteiger partial charge on any atom is -0.358 e. The molecule has 5 aromatic heterocycles. The molecule has 5 heterocycles. The number of aryl methyl sites for hydroxylation is 1. The number of imidazole rings is 2. The van der Waals surface area contributed by atoms with Crippen molar-refractivity contribution in [3.05, 3.63) is 79.2 Å². The minimum absolute atomic E-state index is 0.245. The normalized spacial score (nSPS) is 14.0. The number of anilines is 1. The lowest BCUT2D eigenvalue weighted by atomic mass is 10.0. The van der Waals surface area contributed by atoms with E-state index in [0.29, 0.717) is 39.7 Å². The number of pyridine rings is 2. The summed E-state index contributed by atoms with van der Waals surface area (Å²) >= 11 is 0. The van der Waals surface area contributed by atoms with Gasteiger partial charge in [-0.1, -0.05) is 19.4 Å². The molecule has 0 unspecified atom stereocenters. The lowest BCUT2D eigenvalue weighted by molar-refractivity contribution is 0.636. The molecule has 0 atom stereocenters. The zero-order valence-electron chi connectivity index (χ0n) is 21.4. The number of H-pyrrole nitrogens is 2. The van der Waals surface area contributed by atoms with Gasteiger partial charge in [0.2, 0.25) is 0 Å². The maximum absolute atomic E-state index is 15.3. The first-order valence-electron chi connectivity index (χ1n) is 13.0. The molecule has 0 amide bonds. The molecule has 0 saturated heterocycles. The van der Waals surface area contributed by atoms with E-state index in [9.17, 15) is 0 Å². The van der Waals surface area contributed by atoms with Crippen molar-refractivity contribution in [2.45, 2.75) is 32.6 Å². The molecule has 3 N–H and O–H groups in total. The summed E-state index contributed by atoms with van der Waals surface area (Å²) in [5.41, 5.74) is 6.52. The van der Waals surface area contributed by atoms with E-state index in [1.807, 2.05) is 35.9 Å². The van der Waals surface area contributed by atoms with E-state index in [-0.39, 0.29) is 5.52 Å². The predicted molar refractivity (Wildman–Crippen MR) is 149 cm³/mol. The van der Waals surface area contributed by atoms with Crippen molar-refractivity contribution in [1.82, 2.24) is 39.7 Å². The highest BCUT2D eigenvalue weighted by molar-refractivity contribution is 5.96. The van der Waals surface area contributed by atoms with Crippen LogP contribution in [0.5, 0.6) is 0 Å². The molecule has 1 aliphatic rings. The van der Waals surface area contributed by atoms with Crippen molar-refractivity contribution >= 4 is 27.6 Å². The number of aromatic amines is 2. The van der Waals surface area contributed by atoms with E-state index in [1.54, 1.807) is 24.9 Å². The quantitative estimate of drug-likeness (QED) is 0.238. The third-order valence-corrected chi connectivity index (χ3v) is 7.41. The molecule has 0 bridgehead atoms. The summed E-state index contributed by atoms with van der Waals surface area (Å²) < 4.78 is 17.1. The fourth-order valence-corrected chi connectivity index (χ4v) is 5.42. The second-order valence-corrected chi connectivity index (χ2v) is 10.1.